The van der Waals surface area contributed by atoms with Gasteiger partial charge in [-0.2, -0.15) is 5.10 Å². The van der Waals surface area contributed by atoms with Crippen LogP contribution in [-0.4, -0.2) is 16.8 Å². The standard InChI is InChI=1S/C11H19N3/c1-11(2)6-5-9-8(10(11)12-3)7-13-14(9)4/h7,10,12H,5-6H2,1-4H3. The molecule has 3 nitrogen and oxygen atoms in total. The maximum absolute atomic E-state index is 4.34. The van der Waals surface area contributed by atoms with Gasteiger partial charge in [0.05, 0.1) is 6.20 Å². The molecule has 0 aliphatic heterocycles. The van der Waals surface area contributed by atoms with Gasteiger partial charge in [0.2, 0.25) is 0 Å². The van der Waals surface area contributed by atoms with Gasteiger partial charge in [0.25, 0.3) is 0 Å². The Morgan fingerprint density at radius 1 is 1.57 bits per heavy atom. The molecule has 14 heavy (non-hydrogen) atoms. The smallest absolute Gasteiger partial charge is 0.0540 e. The molecule has 0 radical (unpaired) electrons. The van der Waals surface area contributed by atoms with E-state index in [4.69, 9.17) is 0 Å². The molecule has 2 rings (SSSR count). The van der Waals surface area contributed by atoms with E-state index in [9.17, 15) is 0 Å². The van der Waals surface area contributed by atoms with Gasteiger partial charge in [-0.25, -0.2) is 0 Å². The Balaban J connectivity index is 2.45. The van der Waals surface area contributed by atoms with E-state index in [1.54, 1.807) is 0 Å². The van der Waals surface area contributed by atoms with Crippen LogP contribution in [0.1, 0.15) is 37.6 Å². The van der Waals surface area contributed by atoms with Crippen LogP contribution in [0.3, 0.4) is 0 Å². The molecule has 78 valence electrons. The molecule has 0 spiro atoms. The van der Waals surface area contributed by atoms with Gasteiger partial charge in [0.1, 0.15) is 0 Å². The van der Waals surface area contributed by atoms with E-state index in [0.717, 1.165) is 6.42 Å². The van der Waals surface area contributed by atoms with Crippen LogP contribution in [0.15, 0.2) is 6.20 Å². The van der Waals surface area contributed by atoms with Crippen LogP contribution in [0.2, 0.25) is 0 Å². The number of aryl methyl sites for hydroxylation is 1. The first-order valence-electron chi connectivity index (χ1n) is 5.24. The van der Waals surface area contributed by atoms with Gasteiger partial charge in [0, 0.05) is 24.3 Å². The van der Waals surface area contributed by atoms with Crippen molar-refractivity contribution >= 4 is 0 Å². The first-order valence-corrected chi connectivity index (χ1v) is 5.24. The Hall–Kier alpha value is -0.830. The molecule has 1 aromatic heterocycles. The van der Waals surface area contributed by atoms with Crippen molar-refractivity contribution in [3.05, 3.63) is 17.5 Å². The van der Waals surface area contributed by atoms with Gasteiger partial charge in [-0.3, -0.25) is 4.68 Å². The molecule has 0 saturated heterocycles. The molecule has 0 fully saturated rings. The highest BCUT2D eigenvalue weighted by atomic mass is 15.3. The molecule has 1 aliphatic rings. The van der Waals surface area contributed by atoms with E-state index in [0.29, 0.717) is 11.5 Å². The fraction of sp³-hybridized carbons (Fsp3) is 0.727. The number of rotatable bonds is 1. The molecule has 1 aromatic rings. The summed E-state index contributed by atoms with van der Waals surface area (Å²) in [6.45, 7) is 4.65. The number of nitrogens with one attached hydrogen (secondary N) is 1. The summed E-state index contributed by atoms with van der Waals surface area (Å²) in [7, 11) is 4.07. The Labute approximate surface area is 85.5 Å². The highest BCUT2D eigenvalue weighted by Crippen LogP contribution is 2.42. The van der Waals surface area contributed by atoms with Crippen molar-refractivity contribution < 1.29 is 0 Å². The number of aromatic nitrogens is 2. The van der Waals surface area contributed by atoms with Gasteiger partial charge in [-0.1, -0.05) is 13.8 Å². The average molecular weight is 193 g/mol. The maximum atomic E-state index is 4.34. The third-order valence-electron chi connectivity index (χ3n) is 3.48. The van der Waals surface area contributed by atoms with Crippen molar-refractivity contribution in [2.45, 2.75) is 32.7 Å². The lowest BCUT2D eigenvalue weighted by Crippen LogP contribution is -2.36. The average Bonchev–Trinajstić information content (AvgIpc) is 2.46. The van der Waals surface area contributed by atoms with Crippen LogP contribution < -0.4 is 5.32 Å². The van der Waals surface area contributed by atoms with Crippen molar-refractivity contribution in [1.82, 2.24) is 15.1 Å². The van der Waals surface area contributed by atoms with Crippen LogP contribution in [-0.2, 0) is 13.5 Å². The van der Waals surface area contributed by atoms with Crippen LogP contribution in [0.4, 0.5) is 0 Å². The summed E-state index contributed by atoms with van der Waals surface area (Å²) in [6, 6.07) is 0.444. The summed E-state index contributed by atoms with van der Waals surface area (Å²) >= 11 is 0. The number of hydrogen-bond acceptors (Lipinski definition) is 2. The Morgan fingerprint density at radius 2 is 2.29 bits per heavy atom. The molecular formula is C11H19N3. The SMILES string of the molecule is CNC1c2cnn(C)c2CCC1(C)C. The molecule has 0 bridgehead atoms. The Morgan fingerprint density at radius 3 is 2.93 bits per heavy atom. The highest BCUT2D eigenvalue weighted by Gasteiger charge is 2.36. The molecule has 0 saturated carbocycles. The minimum absolute atomic E-state index is 0.338. The highest BCUT2D eigenvalue weighted by molar-refractivity contribution is 5.27. The summed E-state index contributed by atoms with van der Waals surface area (Å²) in [5.41, 5.74) is 3.11. The molecular weight excluding hydrogens is 174 g/mol. The van der Waals surface area contributed by atoms with Crippen molar-refractivity contribution in [1.29, 1.82) is 0 Å². The van der Waals surface area contributed by atoms with Crippen LogP contribution in [0.25, 0.3) is 0 Å². The summed E-state index contributed by atoms with van der Waals surface area (Å²) in [4.78, 5) is 0. The molecule has 0 amide bonds. The minimum Gasteiger partial charge on any atom is -0.312 e. The number of nitrogens with zero attached hydrogens (tertiary/aromatic N) is 2. The van der Waals surface area contributed by atoms with E-state index in [1.807, 2.05) is 25.0 Å². The predicted molar refractivity (Wildman–Crippen MR) is 57.1 cm³/mol. The van der Waals surface area contributed by atoms with E-state index in [1.165, 1.54) is 17.7 Å². The second kappa shape index (κ2) is 3.09. The zero-order chi connectivity index (χ0) is 10.3. The van der Waals surface area contributed by atoms with Crippen LogP contribution >= 0.6 is 0 Å². The Bertz CT molecular complexity index is 338. The quantitative estimate of drug-likeness (QED) is 0.735. The van der Waals surface area contributed by atoms with Crippen molar-refractivity contribution in [2.24, 2.45) is 12.5 Å². The predicted octanol–water partition coefficient (Wildman–Crippen LogP) is 1.65. The van der Waals surface area contributed by atoms with Gasteiger partial charge in [-0.15, -0.1) is 0 Å². The first kappa shape index (κ1) is 9.71. The molecule has 3 heteroatoms. The first-order chi connectivity index (χ1) is 6.56. The van der Waals surface area contributed by atoms with E-state index < -0.39 is 0 Å². The third kappa shape index (κ3) is 1.27. The molecule has 1 unspecified atom stereocenters. The molecule has 1 atom stereocenters. The van der Waals surface area contributed by atoms with Gasteiger partial charge >= 0.3 is 0 Å². The lowest BCUT2D eigenvalue weighted by Gasteiger charge is -2.38. The number of hydrogen-bond donors (Lipinski definition) is 1. The van der Waals surface area contributed by atoms with Gasteiger partial charge in [0.15, 0.2) is 0 Å². The van der Waals surface area contributed by atoms with E-state index in [2.05, 4.69) is 24.3 Å². The van der Waals surface area contributed by atoms with Gasteiger partial charge in [-0.05, 0) is 25.3 Å². The fourth-order valence-electron chi connectivity index (χ4n) is 2.58. The number of fused-ring (bicyclic) bond motifs is 1. The summed E-state index contributed by atoms with van der Waals surface area (Å²) < 4.78 is 2.01. The second-order valence-corrected chi connectivity index (χ2v) is 4.88. The summed E-state index contributed by atoms with van der Waals surface area (Å²) in [6.07, 6.45) is 4.39. The third-order valence-corrected chi connectivity index (χ3v) is 3.48. The molecule has 1 N–H and O–H groups in total. The lowest BCUT2D eigenvalue weighted by molar-refractivity contribution is 0.217. The van der Waals surface area contributed by atoms with Crippen LogP contribution in [0, 0.1) is 5.41 Å². The zero-order valence-electron chi connectivity index (χ0n) is 9.46. The summed E-state index contributed by atoms with van der Waals surface area (Å²) in [5, 5.41) is 7.75. The fourth-order valence-corrected chi connectivity index (χ4v) is 2.58. The van der Waals surface area contributed by atoms with Crippen LogP contribution in [0.5, 0.6) is 0 Å². The van der Waals surface area contributed by atoms with Crippen molar-refractivity contribution in [2.75, 3.05) is 7.05 Å². The topological polar surface area (TPSA) is 29.9 Å². The molecule has 1 aliphatic carbocycles. The summed E-state index contributed by atoms with van der Waals surface area (Å²) in [5.74, 6) is 0. The minimum atomic E-state index is 0.338. The monoisotopic (exact) mass is 193 g/mol. The van der Waals surface area contributed by atoms with E-state index >= 15 is 0 Å². The van der Waals surface area contributed by atoms with Crippen molar-refractivity contribution in [3.8, 4) is 0 Å². The zero-order valence-corrected chi connectivity index (χ0v) is 9.46. The Kier molecular flexibility index (Phi) is 2.14. The normalized spacial score (nSPS) is 24.7. The molecule has 0 aromatic carbocycles. The van der Waals surface area contributed by atoms with Gasteiger partial charge < -0.3 is 5.32 Å². The molecule has 1 heterocycles. The largest absolute Gasteiger partial charge is 0.312 e. The van der Waals surface area contributed by atoms with E-state index in [-0.39, 0.29) is 0 Å². The van der Waals surface area contributed by atoms with Crippen molar-refractivity contribution in [3.63, 3.8) is 0 Å². The lowest BCUT2D eigenvalue weighted by atomic mass is 9.72. The second-order valence-electron chi connectivity index (χ2n) is 4.88. The maximum Gasteiger partial charge on any atom is 0.0540 e.